The monoisotopic (exact) mass is 188 g/mol. The zero-order valence-corrected chi connectivity index (χ0v) is 8.91. The van der Waals surface area contributed by atoms with Crippen molar-refractivity contribution in [3.63, 3.8) is 0 Å². The number of carbonyl (C=O) groups is 1. The van der Waals surface area contributed by atoms with Crippen LogP contribution in [-0.4, -0.2) is 37.7 Å². The Bertz CT molecular complexity index is 160. The summed E-state index contributed by atoms with van der Waals surface area (Å²) in [6.07, 6.45) is 0.499. The lowest BCUT2D eigenvalue weighted by atomic mass is 10.0. The lowest BCUT2D eigenvalue weighted by Crippen LogP contribution is -2.34. The summed E-state index contributed by atoms with van der Waals surface area (Å²) in [6.45, 7) is 4.79. The van der Waals surface area contributed by atoms with Crippen LogP contribution in [0, 0.1) is 5.92 Å². The van der Waals surface area contributed by atoms with Gasteiger partial charge in [0, 0.05) is 19.6 Å². The highest BCUT2D eigenvalue weighted by atomic mass is 16.5. The zero-order chi connectivity index (χ0) is 10.4. The first-order valence-corrected chi connectivity index (χ1v) is 4.53. The van der Waals surface area contributed by atoms with Gasteiger partial charge in [-0.3, -0.25) is 0 Å². The molecule has 0 saturated carbocycles. The zero-order valence-electron chi connectivity index (χ0n) is 8.91. The predicted octanol–water partition coefficient (Wildman–Crippen LogP) is 1.06. The van der Waals surface area contributed by atoms with E-state index >= 15 is 0 Å². The van der Waals surface area contributed by atoms with Crippen LogP contribution in [-0.2, 0) is 4.74 Å². The molecule has 0 saturated heterocycles. The second kappa shape index (κ2) is 5.80. The molecule has 0 aliphatic carbocycles. The number of hydrogen-bond acceptors (Lipinski definition) is 3. The molecule has 0 heterocycles. The Hall–Kier alpha value is -0.770. The molecule has 0 aliphatic rings. The molecule has 0 aromatic heterocycles. The van der Waals surface area contributed by atoms with Gasteiger partial charge in [0.15, 0.2) is 0 Å². The summed E-state index contributed by atoms with van der Waals surface area (Å²) in [6, 6.07) is 0.145. The number of carbonyl (C=O) groups excluding carboxylic acids is 1. The Morgan fingerprint density at radius 2 is 2.08 bits per heavy atom. The Morgan fingerprint density at radius 3 is 2.46 bits per heavy atom. The van der Waals surface area contributed by atoms with Gasteiger partial charge < -0.3 is 15.4 Å². The maximum atomic E-state index is 11.0. The van der Waals surface area contributed by atoms with Gasteiger partial charge >= 0.3 is 6.09 Å². The molecule has 0 spiro atoms. The summed E-state index contributed by atoms with van der Waals surface area (Å²) in [5.41, 5.74) is 5.83. The maximum absolute atomic E-state index is 11.0. The third-order valence-electron chi connectivity index (χ3n) is 2.14. The van der Waals surface area contributed by atoms with Crippen LogP contribution < -0.4 is 5.73 Å². The standard InChI is InChI=1S/C9H20N2O2/c1-7(2)8(10)5-6-11(3)9(12)13-4/h7-8H,5-6,10H2,1-4H3. The summed E-state index contributed by atoms with van der Waals surface area (Å²) in [4.78, 5) is 12.5. The number of nitrogens with zero attached hydrogens (tertiary/aromatic N) is 1. The third kappa shape index (κ3) is 4.72. The molecular weight excluding hydrogens is 168 g/mol. The number of ether oxygens (including phenoxy) is 1. The molecule has 0 rings (SSSR count). The van der Waals surface area contributed by atoms with E-state index in [4.69, 9.17) is 5.73 Å². The minimum absolute atomic E-state index is 0.145. The number of methoxy groups -OCH3 is 1. The summed E-state index contributed by atoms with van der Waals surface area (Å²) < 4.78 is 4.55. The van der Waals surface area contributed by atoms with Gasteiger partial charge in [-0.1, -0.05) is 13.8 Å². The Balaban J connectivity index is 3.69. The van der Waals surface area contributed by atoms with E-state index in [1.807, 2.05) is 0 Å². The van der Waals surface area contributed by atoms with Gasteiger partial charge in [-0.2, -0.15) is 0 Å². The summed E-state index contributed by atoms with van der Waals surface area (Å²) >= 11 is 0. The maximum Gasteiger partial charge on any atom is 0.409 e. The molecular formula is C9H20N2O2. The van der Waals surface area contributed by atoms with Crippen LogP contribution in [0.4, 0.5) is 4.79 Å². The second-order valence-electron chi connectivity index (χ2n) is 3.59. The van der Waals surface area contributed by atoms with Crippen LogP contribution in [0.2, 0.25) is 0 Å². The Kier molecular flexibility index (Phi) is 5.46. The van der Waals surface area contributed by atoms with E-state index in [0.29, 0.717) is 12.5 Å². The fraction of sp³-hybridized carbons (Fsp3) is 0.889. The molecule has 0 aromatic carbocycles. The van der Waals surface area contributed by atoms with E-state index in [-0.39, 0.29) is 12.1 Å². The van der Waals surface area contributed by atoms with Crippen molar-refractivity contribution in [2.45, 2.75) is 26.3 Å². The molecule has 4 nitrogen and oxygen atoms in total. The van der Waals surface area contributed by atoms with Gasteiger partial charge in [-0.05, 0) is 12.3 Å². The molecule has 4 heteroatoms. The van der Waals surface area contributed by atoms with E-state index in [1.54, 1.807) is 7.05 Å². The first kappa shape index (κ1) is 12.2. The molecule has 1 amide bonds. The summed E-state index contributed by atoms with van der Waals surface area (Å²) in [5.74, 6) is 0.450. The van der Waals surface area contributed by atoms with Gasteiger partial charge in [-0.25, -0.2) is 4.79 Å². The largest absolute Gasteiger partial charge is 0.453 e. The second-order valence-corrected chi connectivity index (χ2v) is 3.59. The van der Waals surface area contributed by atoms with Crippen LogP contribution in [0.15, 0.2) is 0 Å². The number of amides is 1. The molecule has 1 unspecified atom stereocenters. The average Bonchev–Trinajstić information content (AvgIpc) is 2.11. The predicted molar refractivity (Wildman–Crippen MR) is 52.5 cm³/mol. The molecule has 0 aromatic rings. The minimum atomic E-state index is -0.309. The van der Waals surface area contributed by atoms with Crippen molar-refractivity contribution in [1.29, 1.82) is 0 Å². The van der Waals surface area contributed by atoms with Crippen molar-refractivity contribution < 1.29 is 9.53 Å². The van der Waals surface area contributed by atoms with Gasteiger partial charge in [0.05, 0.1) is 7.11 Å². The van der Waals surface area contributed by atoms with Crippen molar-refractivity contribution in [3.8, 4) is 0 Å². The summed E-state index contributed by atoms with van der Waals surface area (Å²) in [5, 5.41) is 0. The fourth-order valence-electron chi connectivity index (χ4n) is 0.923. The lowest BCUT2D eigenvalue weighted by molar-refractivity contribution is 0.131. The number of rotatable bonds is 4. The van der Waals surface area contributed by atoms with Crippen molar-refractivity contribution >= 4 is 6.09 Å². The SMILES string of the molecule is COC(=O)N(C)CCC(N)C(C)C. The van der Waals surface area contributed by atoms with Crippen LogP contribution in [0.3, 0.4) is 0 Å². The fourth-order valence-corrected chi connectivity index (χ4v) is 0.923. The molecule has 0 bridgehead atoms. The van der Waals surface area contributed by atoms with E-state index in [1.165, 1.54) is 12.0 Å². The Labute approximate surface area is 80.0 Å². The molecule has 0 aliphatic heterocycles. The van der Waals surface area contributed by atoms with Gasteiger partial charge in [0.2, 0.25) is 0 Å². The van der Waals surface area contributed by atoms with Crippen LogP contribution >= 0.6 is 0 Å². The van der Waals surface area contributed by atoms with E-state index < -0.39 is 0 Å². The third-order valence-corrected chi connectivity index (χ3v) is 2.14. The number of hydrogen-bond donors (Lipinski definition) is 1. The normalized spacial score (nSPS) is 12.8. The molecule has 2 N–H and O–H groups in total. The summed E-state index contributed by atoms with van der Waals surface area (Å²) in [7, 11) is 3.08. The van der Waals surface area contributed by atoms with Gasteiger partial charge in [0.25, 0.3) is 0 Å². The van der Waals surface area contributed by atoms with E-state index in [2.05, 4.69) is 18.6 Å². The quantitative estimate of drug-likeness (QED) is 0.717. The number of nitrogens with two attached hydrogens (primary N) is 1. The Morgan fingerprint density at radius 1 is 1.54 bits per heavy atom. The topological polar surface area (TPSA) is 55.6 Å². The van der Waals surface area contributed by atoms with Crippen molar-refractivity contribution in [3.05, 3.63) is 0 Å². The lowest BCUT2D eigenvalue weighted by Gasteiger charge is -2.20. The van der Waals surface area contributed by atoms with Crippen molar-refractivity contribution in [2.75, 3.05) is 20.7 Å². The molecule has 0 radical (unpaired) electrons. The highest BCUT2D eigenvalue weighted by molar-refractivity contribution is 5.66. The average molecular weight is 188 g/mol. The van der Waals surface area contributed by atoms with Crippen molar-refractivity contribution in [2.24, 2.45) is 11.7 Å². The van der Waals surface area contributed by atoms with Crippen LogP contribution in [0.25, 0.3) is 0 Å². The highest BCUT2D eigenvalue weighted by Crippen LogP contribution is 2.03. The molecule has 1 atom stereocenters. The van der Waals surface area contributed by atoms with Crippen molar-refractivity contribution in [1.82, 2.24) is 4.90 Å². The molecule has 13 heavy (non-hydrogen) atoms. The smallest absolute Gasteiger partial charge is 0.409 e. The molecule has 78 valence electrons. The molecule has 0 fully saturated rings. The van der Waals surface area contributed by atoms with E-state index in [9.17, 15) is 4.79 Å². The van der Waals surface area contributed by atoms with Crippen LogP contribution in [0.1, 0.15) is 20.3 Å². The first-order chi connectivity index (χ1) is 5.99. The van der Waals surface area contributed by atoms with E-state index in [0.717, 1.165) is 6.42 Å². The first-order valence-electron chi connectivity index (χ1n) is 4.53. The van der Waals surface area contributed by atoms with Gasteiger partial charge in [0.1, 0.15) is 0 Å². The minimum Gasteiger partial charge on any atom is -0.453 e. The van der Waals surface area contributed by atoms with Gasteiger partial charge in [-0.15, -0.1) is 0 Å². The highest BCUT2D eigenvalue weighted by Gasteiger charge is 2.12. The van der Waals surface area contributed by atoms with Crippen LogP contribution in [0.5, 0.6) is 0 Å².